The van der Waals surface area contributed by atoms with Crippen LogP contribution in [0.15, 0.2) is 24.3 Å². The highest BCUT2D eigenvalue weighted by molar-refractivity contribution is 6.01. The van der Waals surface area contributed by atoms with Gasteiger partial charge in [0.05, 0.1) is 11.6 Å². The van der Waals surface area contributed by atoms with E-state index >= 15 is 0 Å². The van der Waals surface area contributed by atoms with Crippen molar-refractivity contribution in [2.75, 3.05) is 13.2 Å². The number of halogens is 1. The Kier molecular flexibility index (Phi) is 9.74. The van der Waals surface area contributed by atoms with Gasteiger partial charge in [0.15, 0.2) is 12.4 Å². The molecule has 222 valence electrons. The number of Topliss-reactive ketones (excluding diaryl/α,β-unsaturated/α-hetero) is 1. The van der Waals surface area contributed by atoms with Crippen LogP contribution in [0, 0.1) is 23.6 Å². The summed E-state index contributed by atoms with van der Waals surface area (Å²) in [5.41, 5.74) is 6.10. The van der Waals surface area contributed by atoms with Crippen LogP contribution in [-0.2, 0) is 23.9 Å². The zero-order valence-corrected chi connectivity index (χ0v) is 23.3. The highest BCUT2D eigenvalue weighted by Gasteiger charge is 2.35. The normalized spacial score (nSPS) is 19.2. The van der Waals surface area contributed by atoms with Gasteiger partial charge in [-0.05, 0) is 49.7 Å². The average Bonchev–Trinajstić information content (AvgIpc) is 3.65. The van der Waals surface area contributed by atoms with Crippen molar-refractivity contribution in [1.29, 1.82) is 0 Å². The van der Waals surface area contributed by atoms with E-state index in [2.05, 4.69) is 20.9 Å². The molecule has 2 fully saturated rings. The van der Waals surface area contributed by atoms with E-state index in [4.69, 9.17) is 10.5 Å². The highest BCUT2D eigenvalue weighted by Crippen LogP contribution is 2.33. The fraction of sp³-hybridized carbons (Fsp3) is 0.552. The molecule has 2 heterocycles. The largest absolute Gasteiger partial charge is 0.456 e. The van der Waals surface area contributed by atoms with Gasteiger partial charge >= 0.3 is 5.97 Å². The number of piperidine rings is 1. The van der Waals surface area contributed by atoms with Crippen molar-refractivity contribution in [3.8, 4) is 0 Å². The fourth-order valence-electron chi connectivity index (χ4n) is 4.90. The molecule has 1 aromatic carbocycles. The lowest BCUT2D eigenvalue weighted by Gasteiger charge is -2.28. The molecular weight excluding hydrogens is 533 g/mol. The van der Waals surface area contributed by atoms with Crippen LogP contribution in [0.4, 0.5) is 4.39 Å². The third kappa shape index (κ3) is 7.90. The summed E-state index contributed by atoms with van der Waals surface area (Å²) in [5, 5.41) is 8.72. The van der Waals surface area contributed by atoms with Crippen molar-refractivity contribution in [3.63, 3.8) is 0 Å². The van der Waals surface area contributed by atoms with Crippen LogP contribution in [0.5, 0.6) is 0 Å². The Morgan fingerprint density at radius 3 is 2.51 bits per heavy atom. The number of amides is 3. The van der Waals surface area contributed by atoms with Crippen LogP contribution >= 0.6 is 0 Å². The van der Waals surface area contributed by atoms with Crippen LogP contribution in [0.2, 0.25) is 0 Å². The number of rotatable bonds is 13. The third-order valence-electron chi connectivity index (χ3n) is 7.71. The summed E-state index contributed by atoms with van der Waals surface area (Å²) >= 11 is 0. The van der Waals surface area contributed by atoms with Gasteiger partial charge in [0, 0.05) is 17.8 Å². The number of H-pyrrole nitrogens is 1. The molecule has 0 spiro atoms. The van der Waals surface area contributed by atoms with Crippen LogP contribution in [0.25, 0.3) is 10.9 Å². The molecule has 0 radical (unpaired) electrons. The molecule has 12 heteroatoms. The molecule has 0 bridgehead atoms. The van der Waals surface area contributed by atoms with Crippen molar-refractivity contribution < 1.29 is 33.1 Å². The van der Waals surface area contributed by atoms with E-state index in [0.717, 1.165) is 19.3 Å². The first-order chi connectivity index (χ1) is 19.5. The van der Waals surface area contributed by atoms with Gasteiger partial charge in [-0.1, -0.05) is 38.8 Å². The quantitative estimate of drug-likeness (QED) is 0.228. The minimum absolute atomic E-state index is 0.0234. The first-order valence-electron chi connectivity index (χ1n) is 14.1. The summed E-state index contributed by atoms with van der Waals surface area (Å²) in [5.74, 6) is -3.68. The second kappa shape index (κ2) is 13.2. The highest BCUT2D eigenvalue weighted by atomic mass is 19.1. The fourth-order valence-corrected chi connectivity index (χ4v) is 4.90. The van der Waals surface area contributed by atoms with Crippen LogP contribution in [0.1, 0.15) is 62.9 Å². The number of aromatic nitrogens is 1. The van der Waals surface area contributed by atoms with Crippen molar-refractivity contribution in [2.45, 2.75) is 70.5 Å². The topological polar surface area (TPSA) is 172 Å². The van der Waals surface area contributed by atoms with Gasteiger partial charge in [0.2, 0.25) is 11.8 Å². The molecule has 11 nitrogen and oxygen atoms in total. The number of hydrogen-bond donors (Lipinski definition) is 5. The number of aromatic amines is 1. The first kappa shape index (κ1) is 30.2. The summed E-state index contributed by atoms with van der Waals surface area (Å²) in [6.45, 7) is 3.43. The Bertz CT molecular complexity index is 1310. The van der Waals surface area contributed by atoms with Gasteiger partial charge in [0.1, 0.15) is 23.6 Å². The van der Waals surface area contributed by atoms with Gasteiger partial charge in [-0.2, -0.15) is 0 Å². The van der Waals surface area contributed by atoms with E-state index in [1.54, 1.807) is 19.9 Å². The lowest BCUT2D eigenvalue weighted by Crippen LogP contribution is -2.54. The molecule has 2 aromatic rings. The predicted molar refractivity (Wildman–Crippen MR) is 148 cm³/mol. The molecule has 0 unspecified atom stereocenters. The number of nitrogens with one attached hydrogen (secondary N) is 4. The molecule has 6 N–H and O–H groups in total. The van der Waals surface area contributed by atoms with Gasteiger partial charge in [-0.3, -0.25) is 24.0 Å². The standard InChI is InChI=1S/C29H38FN5O6/c1-15(2)24(31)29(40)41-14-23(36)20(13-18-6-4-10-32-26(18)37)34-27(38)21(11-16-8-9-16)35-28(39)22-12-17-5-3-7-19(30)25(17)33-22/h3,5,7,12,15-16,18,20-21,24,33H,4,6,8-11,13-14,31H2,1-2H3,(H,32,37)(H,34,38)(H,35,39)/t18-,20-,21-,24-/m0/s1. The van der Waals surface area contributed by atoms with E-state index in [-0.39, 0.29) is 35.4 Å². The smallest absolute Gasteiger partial charge is 0.323 e. The number of ketones is 1. The number of nitrogens with two attached hydrogens (primary N) is 1. The number of fused-ring (bicyclic) bond motifs is 1. The number of ether oxygens (including phenoxy) is 1. The maximum absolute atomic E-state index is 14.1. The lowest BCUT2D eigenvalue weighted by atomic mass is 9.90. The zero-order chi connectivity index (χ0) is 29.7. The van der Waals surface area contributed by atoms with E-state index < -0.39 is 60.0 Å². The molecule has 41 heavy (non-hydrogen) atoms. The molecule has 1 aliphatic carbocycles. The molecule has 4 rings (SSSR count). The molecule has 2 aliphatic rings. The predicted octanol–water partition coefficient (Wildman–Crippen LogP) is 1.70. The molecule has 4 atom stereocenters. The Labute approximate surface area is 237 Å². The summed E-state index contributed by atoms with van der Waals surface area (Å²) in [6, 6.07) is 2.98. The Balaban J connectivity index is 1.47. The maximum Gasteiger partial charge on any atom is 0.323 e. The summed E-state index contributed by atoms with van der Waals surface area (Å²) < 4.78 is 19.3. The summed E-state index contributed by atoms with van der Waals surface area (Å²) in [6.07, 6.45) is 3.48. The molecule has 1 aromatic heterocycles. The van der Waals surface area contributed by atoms with Crippen LogP contribution in [-0.4, -0.2) is 65.7 Å². The minimum Gasteiger partial charge on any atom is -0.456 e. The number of esters is 1. The first-order valence-corrected chi connectivity index (χ1v) is 14.1. The average molecular weight is 572 g/mol. The van der Waals surface area contributed by atoms with Gasteiger partial charge in [-0.25, -0.2) is 4.39 Å². The second-order valence-corrected chi connectivity index (χ2v) is 11.4. The second-order valence-electron chi connectivity index (χ2n) is 11.4. The molecule has 1 saturated carbocycles. The molecule has 1 aliphatic heterocycles. The Hall–Kier alpha value is -3.80. The van der Waals surface area contributed by atoms with E-state index in [0.29, 0.717) is 24.8 Å². The zero-order valence-electron chi connectivity index (χ0n) is 23.3. The van der Waals surface area contributed by atoms with Crippen molar-refractivity contribution >= 4 is 40.4 Å². The Morgan fingerprint density at radius 2 is 1.85 bits per heavy atom. The SMILES string of the molecule is CC(C)[C@H](N)C(=O)OCC(=O)[C@H](C[C@@H]1CCCNC1=O)NC(=O)[C@H](CC1CC1)NC(=O)c1cc2cccc(F)c2[nH]1. The number of benzene rings is 1. The van der Waals surface area contributed by atoms with Gasteiger partial charge in [0.25, 0.3) is 5.91 Å². The molecule has 3 amide bonds. The molecule has 1 saturated heterocycles. The maximum atomic E-state index is 14.1. The molecular formula is C29H38FN5O6. The number of para-hydroxylation sites is 1. The summed E-state index contributed by atoms with van der Waals surface area (Å²) in [7, 11) is 0. The van der Waals surface area contributed by atoms with Crippen molar-refractivity contribution in [1.82, 2.24) is 20.9 Å². The van der Waals surface area contributed by atoms with Crippen molar-refractivity contribution in [2.24, 2.45) is 23.5 Å². The van der Waals surface area contributed by atoms with Crippen LogP contribution < -0.4 is 21.7 Å². The summed E-state index contributed by atoms with van der Waals surface area (Å²) in [4.78, 5) is 67.2. The Morgan fingerprint density at radius 1 is 1.10 bits per heavy atom. The van der Waals surface area contributed by atoms with Gasteiger partial charge < -0.3 is 31.4 Å². The number of carbonyl (C=O) groups is 5. The van der Waals surface area contributed by atoms with E-state index in [9.17, 15) is 28.4 Å². The minimum atomic E-state index is -1.12. The number of hydrogen-bond acceptors (Lipinski definition) is 7. The number of carbonyl (C=O) groups excluding carboxylic acids is 5. The third-order valence-corrected chi connectivity index (χ3v) is 7.71. The van der Waals surface area contributed by atoms with Crippen LogP contribution in [0.3, 0.4) is 0 Å². The lowest BCUT2D eigenvalue weighted by molar-refractivity contribution is -0.151. The monoisotopic (exact) mass is 571 g/mol. The van der Waals surface area contributed by atoms with E-state index in [1.807, 2.05) is 0 Å². The van der Waals surface area contributed by atoms with E-state index in [1.165, 1.54) is 18.2 Å². The van der Waals surface area contributed by atoms with Crippen molar-refractivity contribution in [3.05, 3.63) is 35.8 Å². The van der Waals surface area contributed by atoms with Gasteiger partial charge in [-0.15, -0.1) is 0 Å².